The van der Waals surface area contributed by atoms with Crippen LogP contribution in [0.3, 0.4) is 0 Å². The van der Waals surface area contributed by atoms with Gasteiger partial charge in [0.2, 0.25) is 5.28 Å². The second-order valence-electron chi connectivity index (χ2n) is 3.48. The van der Waals surface area contributed by atoms with Crippen LogP contribution in [0.25, 0.3) is 0 Å². The quantitative estimate of drug-likeness (QED) is 0.853. The van der Waals surface area contributed by atoms with Gasteiger partial charge in [0.1, 0.15) is 11.5 Å². The molecule has 0 saturated heterocycles. The molecule has 8 heteroatoms. The third-order valence-electron chi connectivity index (χ3n) is 2.20. The highest BCUT2D eigenvalue weighted by Gasteiger charge is 2.09. The van der Waals surface area contributed by atoms with Crippen LogP contribution >= 0.6 is 11.6 Å². The van der Waals surface area contributed by atoms with Crippen LogP contribution in [0.15, 0.2) is 18.2 Å². The van der Waals surface area contributed by atoms with Crippen molar-refractivity contribution in [2.45, 2.75) is 0 Å². The number of hydrogen-bond donors (Lipinski definition) is 0. The van der Waals surface area contributed by atoms with Crippen molar-refractivity contribution in [3.8, 4) is 29.6 Å². The van der Waals surface area contributed by atoms with Crippen molar-refractivity contribution in [3.05, 3.63) is 29.0 Å². The predicted octanol–water partition coefficient (Wildman–Crippen LogP) is 2.21. The molecule has 0 unspecified atom stereocenters. The molecule has 0 aliphatic rings. The van der Waals surface area contributed by atoms with Crippen molar-refractivity contribution in [2.24, 2.45) is 0 Å². The largest absolute Gasteiger partial charge is 0.497 e. The van der Waals surface area contributed by atoms with Crippen LogP contribution in [0.2, 0.25) is 5.28 Å². The van der Waals surface area contributed by atoms with Gasteiger partial charge in [-0.05, 0) is 23.7 Å². The summed E-state index contributed by atoms with van der Waals surface area (Å²) in [6.07, 6.45) is 0. The average molecular weight is 293 g/mol. The number of aromatic nitrogens is 3. The van der Waals surface area contributed by atoms with Gasteiger partial charge in [-0.25, -0.2) is 0 Å². The first-order valence-corrected chi connectivity index (χ1v) is 5.75. The van der Waals surface area contributed by atoms with Crippen molar-refractivity contribution in [2.75, 3.05) is 14.2 Å². The fraction of sp³-hybridized carbons (Fsp3) is 0.167. The molecule has 0 atom stereocenters. The van der Waals surface area contributed by atoms with E-state index in [0.717, 1.165) is 0 Å². The smallest absolute Gasteiger partial charge is 0.329 e. The lowest BCUT2D eigenvalue weighted by atomic mass is 10.2. The normalized spacial score (nSPS) is 9.70. The predicted molar refractivity (Wildman–Crippen MR) is 69.2 cm³/mol. The Bertz CT molecular complexity index is 672. The summed E-state index contributed by atoms with van der Waals surface area (Å²) in [4.78, 5) is 11.4. The molecule has 2 rings (SSSR count). The standard InChI is InChI=1S/C12H9ClN4O3/c1-18-8-3-7(6-14)4-9(5-8)20-12-16-10(13)15-11(17-12)19-2/h3-5H,1-2H3. The Morgan fingerprint density at radius 3 is 2.35 bits per heavy atom. The zero-order chi connectivity index (χ0) is 14.5. The minimum Gasteiger partial charge on any atom is -0.497 e. The van der Waals surface area contributed by atoms with E-state index in [0.29, 0.717) is 17.1 Å². The summed E-state index contributed by atoms with van der Waals surface area (Å²) in [7, 11) is 2.89. The number of benzene rings is 1. The van der Waals surface area contributed by atoms with Crippen molar-refractivity contribution >= 4 is 11.6 Å². The fourth-order valence-corrected chi connectivity index (χ4v) is 1.51. The summed E-state index contributed by atoms with van der Waals surface area (Å²) in [5, 5.41) is 8.87. The first-order chi connectivity index (χ1) is 9.64. The Kier molecular flexibility index (Phi) is 4.17. The Hall–Kier alpha value is -2.59. The summed E-state index contributed by atoms with van der Waals surface area (Å²) in [5.74, 6) is 0.816. The molecule has 102 valence electrons. The van der Waals surface area contributed by atoms with Gasteiger partial charge < -0.3 is 14.2 Å². The highest BCUT2D eigenvalue weighted by atomic mass is 35.5. The zero-order valence-corrected chi connectivity index (χ0v) is 11.4. The van der Waals surface area contributed by atoms with Gasteiger partial charge >= 0.3 is 12.0 Å². The number of nitrogens with zero attached hydrogens (tertiary/aromatic N) is 4. The number of hydrogen-bond acceptors (Lipinski definition) is 7. The van der Waals surface area contributed by atoms with Gasteiger partial charge in [-0.1, -0.05) is 0 Å². The van der Waals surface area contributed by atoms with Gasteiger partial charge in [-0.2, -0.15) is 15.2 Å². The minimum atomic E-state index is -0.0600. The molecule has 20 heavy (non-hydrogen) atoms. The van der Waals surface area contributed by atoms with Crippen molar-refractivity contribution < 1.29 is 14.2 Å². The molecule has 1 aromatic carbocycles. The average Bonchev–Trinajstić information content (AvgIpc) is 2.46. The molecule has 1 heterocycles. The first kappa shape index (κ1) is 13.8. The zero-order valence-electron chi connectivity index (χ0n) is 10.6. The van der Waals surface area contributed by atoms with E-state index in [1.165, 1.54) is 20.3 Å². The lowest BCUT2D eigenvalue weighted by Crippen LogP contribution is -1.99. The lowest BCUT2D eigenvalue weighted by Gasteiger charge is -2.07. The molecule has 0 spiro atoms. The van der Waals surface area contributed by atoms with Crippen LogP contribution in [-0.2, 0) is 0 Å². The van der Waals surface area contributed by atoms with Gasteiger partial charge in [0.15, 0.2) is 0 Å². The van der Waals surface area contributed by atoms with E-state index in [4.69, 9.17) is 31.1 Å². The molecule has 0 aliphatic carbocycles. The van der Waals surface area contributed by atoms with Crippen LogP contribution in [0.4, 0.5) is 0 Å². The molecule has 0 amide bonds. The number of methoxy groups -OCH3 is 2. The maximum atomic E-state index is 8.93. The molecule has 0 bridgehead atoms. The number of nitriles is 1. The summed E-state index contributed by atoms with van der Waals surface area (Å²) < 4.78 is 15.4. The molecule has 2 aromatic rings. The van der Waals surface area contributed by atoms with E-state index in [9.17, 15) is 0 Å². The van der Waals surface area contributed by atoms with Crippen molar-refractivity contribution in [1.29, 1.82) is 5.26 Å². The second kappa shape index (κ2) is 6.04. The van der Waals surface area contributed by atoms with Gasteiger partial charge in [0.05, 0.1) is 25.9 Å². The molecule has 0 N–H and O–H groups in total. The van der Waals surface area contributed by atoms with Crippen molar-refractivity contribution in [1.82, 2.24) is 15.0 Å². The number of halogens is 1. The maximum absolute atomic E-state index is 8.93. The molecular formula is C12H9ClN4O3. The number of ether oxygens (including phenoxy) is 3. The number of rotatable bonds is 4. The monoisotopic (exact) mass is 292 g/mol. The molecule has 0 radical (unpaired) electrons. The molecule has 1 aromatic heterocycles. The van der Waals surface area contributed by atoms with Gasteiger partial charge in [0.25, 0.3) is 0 Å². The second-order valence-corrected chi connectivity index (χ2v) is 3.82. The molecular weight excluding hydrogens is 284 g/mol. The van der Waals surface area contributed by atoms with Crippen LogP contribution < -0.4 is 14.2 Å². The van der Waals surface area contributed by atoms with E-state index in [1.54, 1.807) is 12.1 Å². The van der Waals surface area contributed by atoms with Crippen LogP contribution in [0.1, 0.15) is 5.56 Å². The highest BCUT2D eigenvalue weighted by Crippen LogP contribution is 2.26. The van der Waals surface area contributed by atoms with E-state index >= 15 is 0 Å². The first-order valence-electron chi connectivity index (χ1n) is 5.37. The Morgan fingerprint density at radius 2 is 1.70 bits per heavy atom. The maximum Gasteiger partial charge on any atom is 0.329 e. The van der Waals surface area contributed by atoms with E-state index in [1.807, 2.05) is 6.07 Å². The topological polar surface area (TPSA) is 90.2 Å². The van der Waals surface area contributed by atoms with Gasteiger partial charge in [-0.15, -0.1) is 4.98 Å². The molecule has 0 aliphatic heterocycles. The molecule has 0 saturated carbocycles. The SMILES string of the molecule is COc1cc(C#N)cc(Oc2nc(Cl)nc(OC)n2)c1. The third-order valence-corrected chi connectivity index (χ3v) is 2.37. The summed E-state index contributed by atoms with van der Waals surface area (Å²) in [6.45, 7) is 0. The highest BCUT2D eigenvalue weighted by molar-refractivity contribution is 6.28. The molecule has 7 nitrogen and oxygen atoms in total. The Labute approximate surface area is 119 Å². The van der Waals surface area contributed by atoms with E-state index in [-0.39, 0.29) is 17.3 Å². The fourth-order valence-electron chi connectivity index (χ4n) is 1.37. The summed E-state index contributed by atoms with van der Waals surface area (Å²) in [6, 6.07) is 6.67. The van der Waals surface area contributed by atoms with Crippen molar-refractivity contribution in [3.63, 3.8) is 0 Å². The summed E-state index contributed by atoms with van der Waals surface area (Å²) in [5.41, 5.74) is 0.381. The van der Waals surface area contributed by atoms with Crippen LogP contribution in [-0.4, -0.2) is 29.2 Å². The lowest BCUT2D eigenvalue weighted by molar-refractivity contribution is 0.358. The van der Waals surface area contributed by atoms with Gasteiger partial charge in [0, 0.05) is 6.07 Å². The Morgan fingerprint density at radius 1 is 1.00 bits per heavy atom. The van der Waals surface area contributed by atoms with Crippen LogP contribution in [0.5, 0.6) is 23.5 Å². The van der Waals surface area contributed by atoms with Gasteiger partial charge in [-0.3, -0.25) is 0 Å². The van der Waals surface area contributed by atoms with Crippen LogP contribution in [0, 0.1) is 11.3 Å². The van der Waals surface area contributed by atoms with E-state index < -0.39 is 0 Å². The van der Waals surface area contributed by atoms with E-state index in [2.05, 4.69) is 15.0 Å². The minimum absolute atomic E-state index is 0.0309. The molecule has 0 fully saturated rings. The third kappa shape index (κ3) is 3.24. The summed E-state index contributed by atoms with van der Waals surface area (Å²) >= 11 is 5.71. The Balaban J connectivity index is 2.34.